The molecule has 6 heteroatoms. The van der Waals surface area contributed by atoms with Crippen LogP contribution in [0.5, 0.6) is 0 Å². The van der Waals surface area contributed by atoms with Crippen molar-refractivity contribution in [2.45, 2.75) is 19.9 Å². The summed E-state index contributed by atoms with van der Waals surface area (Å²) in [5, 5.41) is 3.72. The van der Waals surface area contributed by atoms with Gasteiger partial charge in [-0.25, -0.2) is 8.42 Å². The summed E-state index contributed by atoms with van der Waals surface area (Å²) in [6.45, 7) is 3.49. The number of halogens is 2. The lowest BCUT2D eigenvalue weighted by Gasteiger charge is -2.16. The van der Waals surface area contributed by atoms with Crippen molar-refractivity contribution in [1.82, 2.24) is 0 Å². The van der Waals surface area contributed by atoms with E-state index in [2.05, 4.69) is 27.9 Å². The molecule has 17 heavy (non-hydrogen) atoms. The lowest BCUT2D eigenvalue weighted by molar-refractivity contribution is 0.593. The molecule has 1 unspecified atom stereocenters. The van der Waals surface area contributed by atoms with Crippen molar-refractivity contribution in [3.05, 3.63) is 26.8 Å². The van der Waals surface area contributed by atoms with Gasteiger partial charge in [-0.15, -0.1) is 0 Å². The second-order valence-corrected chi connectivity index (χ2v) is 7.92. The number of hydrogen-bond acceptors (Lipinski definition) is 3. The third kappa shape index (κ3) is 5.01. The second kappa shape index (κ2) is 6.24. The van der Waals surface area contributed by atoms with E-state index in [9.17, 15) is 8.42 Å². The number of sulfone groups is 1. The lowest BCUT2D eigenvalue weighted by atomic mass is 10.3. The number of benzene rings is 1. The topological polar surface area (TPSA) is 46.2 Å². The fourth-order valence-electron chi connectivity index (χ4n) is 1.41. The lowest BCUT2D eigenvalue weighted by Crippen LogP contribution is -2.26. The van der Waals surface area contributed by atoms with E-state index < -0.39 is 9.84 Å². The Morgan fingerprint density at radius 2 is 2.12 bits per heavy atom. The average Bonchev–Trinajstić information content (AvgIpc) is 2.21. The van der Waals surface area contributed by atoms with E-state index in [0.29, 0.717) is 5.02 Å². The fourth-order valence-corrected chi connectivity index (χ4v) is 3.40. The summed E-state index contributed by atoms with van der Waals surface area (Å²) in [6, 6.07) is 5.47. The van der Waals surface area contributed by atoms with E-state index in [1.54, 1.807) is 6.92 Å². The van der Waals surface area contributed by atoms with Gasteiger partial charge in [0.25, 0.3) is 0 Å². The van der Waals surface area contributed by atoms with E-state index in [4.69, 9.17) is 11.6 Å². The number of hydrogen-bond donors (Lipinski definition) is 1. The molecule has 1 N–H and O–H groups in total. The van der Waals surface area contributed by atoms with Gasteiger partial charge in [0.15, 0.2) is 9.84 Å². The molecule has 1 aromatic rings. The van der Waals surface area contributed by atoms with Gasteiger partial charge in [0.05, 0.1) is 16.5 Å². The van der Waals surface area contributed by atoms with Crippen LogP contribution in [0.3, 0.4) is 0 Å². The molecule has 96 valence electrons. The van der Waals surface area contributed by atoms with Gasteiger partial charge in [0.2, 0.25) is 0 Å². The van der Waals surface area contributed by atoms with Gasteiger partial charge in [-0.05, 0) is 47.7 Å². The summed E-state index contributed by atoms with van der Waals surface area (Å²) in [4.78, 5) is 0. The van der Waals surface area contributed by atoms with Crippen LogP contribution in [0.4, 0.5) is 5.69 Å². The Hall–Kier alpha value is -0.0100. The maximum atomic E-state index is 11.5. The largest absolute Gasteiger partial charge is 0.380 e. The normalized spacial score (nSPS) is 13.4. The van der Waals surface area contributed by atoms with E-state index in [1.165, 1.54) is 0 Å². The number of nitrogens with one attached hydrogen (secondary N) is 1. The number of rotatable bonds is 5. The highest BCUT2D eigenvalue weighted by molar-refractivity contribution is 14.1. The van der Waals surface area contributed by atoms with Crippen molar-refractivity contribution in [3.63, 3.8) is 0 Å². The molecule has 0 spiro atoms. The van der Waals surface area contributed by atoms with Gasteiger partial charge in [-0.3, -0.25) is 0 Å². The Balaban J connectivity index is 2.72. The minimum atomic E-state index is -2.97. The van der Waals surface area contributed by atoms with Crippen molar-refractivity contribution >= 4 is 49.7 Å². The van der Waals surface area contributed by atoms with Gasteiger partial charge < -0.3 is 5.32 Å². The Morgan fingerprint density at radius 3 is 2.65 bits per heavy atom. The Kier molecular flexibility index (Phi) is 5.53. The molecule has 0 bridgehead atoms. The van der Waals surface area contributed by atoms with Crippen LogP contribution in [0.15, 0.2) is 18.2 Å². The molecule has 1 atom stereocenters. The summed E-state index contributed by atoms with van der Waals surface area (Å²) >= 11 is 8.24. The van der Waals surface area contributed by atoms with E-state index in [-0.39, 0.29) is 17.5 Å². The molecule has 0 saturated heterocycles. The average molecular weight is 388 g/mol. The van der Waals surface area contributed by atoms with Crippen LogP contribution in [0.25, 0.3) is 0 Å². The summed E-state index contributed by atoms with van der Waals surface area (Å²) in [5.74, 6) is 0.283. The summed E-state index contributed by atoms with van der Waals surface area (Å²) < 4.78 is 24.0. The van der Waals surface area contributed by atoms with Gasteiger partial charge >= 0.3 is 0 Å². The van der Waals surface area contributed by atoms with Crippen LogP contribution in [0, 0.1) is 3.57 Å². The minimum absolute atomic E-state index is 0.117. The molecule has 1 rings (SSSR count). The molecule has 3 nitrogen and oxygen atoms in total. The molecule has 0 fully saturated rings. The van der Waals surface area contributed by atoms with Crippen LogP contribution in [0.2, 0.25) is 5.02 Å². The molecule has 0 radical (unpaired) electrons. The molecule has 1 aromatic carbocycles. The Morgan fingerprint density at radius 1 is 1.47 bits per heavy atom. The molecule has 0 aliphatic carbocycles. The van der Waals surface area contributed by atoms with Crippen LogP contribution >= 0.6 is 34.2 Å². The summed E-state index contributed by atoms with van der Waals surface area (Å²) in [6.07, 6.45) is 0. The maximum Gasteiger partial charge on any atom is 0.152 e. The van der Waals surface area contributed by atoms with Gasteiger partial charge in [-0.1, -0.05) is 18.5 Å². The zero-order valence-corrected chi connectivity index (χ0v) is 13.4. The molecule has 0 heterocycles. The van der Waals surface area contributed by atoms with Crippen LogP contribution in [-0.2, 0) is 9.84 Å². The molecular weight excluding hydrogens is 373 g/mol. The first-order chi connectivity index (χ1) is 7.84. The predicted octanol–water partition coefficient (Wildman–Crippen LogP) is 3.18. The highest BCUT2D eigenvalue weighted by Crippen LogP contribution is 2.24. The van der Waals surface area contributed by atoms with Crippen molar-refractivity contribution < 1.29 is 8.42 Å². The summed E-state index contributed by atoms with van der Waals surface area (Å²) in [7, 11) is -2.97. The van der Waals surface area contributed by atoms with Gasteiger partial charge in [0.1, 0.15) is 0 Å². The quantitative estimate of drug-likeness (QED) is 0.789. The monoisotopic (exact) mass is 387 g/mol. The van der Waals surface area contributed by atoms with Crippen molar-refractivity contribution in [2.24, 2.45) is 0 Å². The minimum Gasteiger partial charge on any atom is -0.380 e. The maximum absolute atomic E-state index is 11.5. The highest BCUT2D eigenvalue weighted by Gasteiger charge is 2.14. The molecule has 0 aromatic heterocycles. The molecule has 0 aliphatic rings. The highest BCUT2D eigenvalue weighted by atomic mass is 127. The first kappa shape index (κ1) is 15.0. The van der Waals surface area contributed by atoms with Crippen molar-refractivity contribution in [3.8, 4) is 0 Å². The van der Waals surface area contributed by atoms with Crippen LogP contribution in [0.1, 0.15) is 13.8 Å². The Bertz CT molecular complexity index is 490. The predicted molar refractivity (Wildman–Crippen MR) is 81.6 cm³/mol. The zero-order valence-electron chi connectivity index (χ0n) is 9.70. The van der Waals surface area contributed by atoms with Gasteiger partial charge in [-0.2, -0.15) is 0 Å². The third-order valence-electron chi connectivity index (χ3n) is 2.28. The fraction of sp³-hybridized carbons (Fsp3) is 0.455. The first-order valence-corrected chi connectivity index (χ1v) is 8.54. The molecule has 0 aliphatic heterocycles. The molecular formula is C11H15ClINO2S. The van der Waals surface area contributed by atoms with E-state index in [0.717, 1.165) is 9.26 Å². The third-order valence-corrected chi connectivity index (χ3v) is 5.15. The molecule has 0 amide bonds. The second-order valence-electron chi connectivity index (χ2n) is 3.87. The van der Waals surface area contributed by atoms with E-state index >= 15 is 0 Å². The van der Waals surface area contributed by atoms with E-state index in [1.807, 2.05) is 25.1 Å². The summed E-state index contributed by atoms with van der Waals surface area (Å²) in [5.41, 5.74) is 0.769. The van der Waals surface area contributed by atoms with Gasteiger partial charge in [0, 0.05) is 15.4 Å². The van der Waals surface area contributed by atoms with Crippen LogP contribution < -0.4 is 5.32 Å². The van der Waals surface area contributed by atoms with Crippen LogP contribution in [-0.4, -0.2) is 26.0 Å². The zero-order chi connectivity index (χ0) is 13.1. The SMILES string of the molecule is CCS(=O)(=O)CC(C)Nc1ccc(I)cc1Cl. The van der Waals surface area contributed by atoms with Crippen molar-refractivity contribution in [1.29, 1.82) is 0 Å². The molecule has 0 saturated carbocycles. The Labute approximate surface area is 121 Å². The number of anilines is 1. The standard InChI is InChI=1S/C11H15ClINO2S/c1-3-17(15,16)7-8(2)14-11-5-4-9(13)6-10(11)12/h4-6,8,14H,3,7H2,1-2H3. The van der Waals surface area contributed by atoms with Crippen molar-refractivity contribution in [2.75, 3.05) is 16.8 Å². The smallest absolute Gasteiger partial charge is 0.152 e. The first-order valence-electron chi connectivity index (χ1n) is 5.26.